The van der Waals surface area contributed by atoms with E-state index in [0.29, 0.717) is 0 Å². The summed E-state index contributed by atoms with van der Waals surface area (Å²) in [6, 6.07) is 16.6. The van der Waals surface area contributed by atoms with Gasteiger partial charge in [0.2, 0.25) is 0 Å². The summed E-state index contributed by atoms with van der Waals surface area (Å²) in [4.78, 5) is 3.37. The molecule has 3 aromatic rings. The van der Waals surface area contributed by atoms with E-state index in [9.17, 15) is 0 Å². The summed E-state index contributed by atoms with van der Waals surface area (Å²) >= 11 is 0. The Labute approximate surface area is 147 Å². The quantitative estimate of drug-likeness (QED) is 0.646. The number of aromatic nitrogens is 1. The van der Waals surface area contributed by atoms with Crippen LogP contribution in [0.4, 0.5) is 11.4 Å². The minimum atomic E-state index is -0.0562. The highest BCUT2D eigenvalue weighted by Crippen LogP contribution is 2.34. The van der Waals surface area contributed by atoms with Crippen LogP contribution < -0.4 is 17.4 Å². The predicted octanol–water partition coefficient (Wildman–Crippen LogP) is 0.269. The Hall–Kier alpha value is -2.21. The van der Waals surface area contributed by atoms with Gasteiger partial charge in [0.1, 0.15) is 5.69 Å². The maximum absolute atomic E-state index is 4.66. The molecule has 0 radical (unpaired) electrons. The fourth-order valence-corrected chi connectivity index (χ4v) is 3.28. The molecular weight excluding hydrogens is 322 g/mol. The van der Waals surface area contributed by atoms with Gasteiger partial charge in [-0.05, 0) is 19.1 Å². The van der Waals surface area contributed by atoms with Crippen molar-refractivity contribution in [3.8, 4) is 0 Å². The van der Waals surface area contributed by atoms with E-state index in [1.165, 1.54) is 16.3 Å². The highest BCUT2D eigenvalue weighted by Gasteiger charge is 2.36. The number of aromatic amines is 1. The summed E-state index contributed by atoms with van der Waals surface area (Å²) in [5, 5.41) is 13.8. The zero-order valence-corrected chi connectivity index (χ0v) is 14.7. The van der Waals surface area contributed by atoms with Crippen LogP contribution in [0.2, 0.25) is 0 Å². The van der Waals surface area contributed by atoms with Crippen molar-refractivity contribution in [1.82, 2.24) is 9.99 Å². The Kier molecular flexibility index (Phi) is 4.41. The zero-order valence-electron chi connectivity index (χ0n) is 13.9. The number of para-hydroxylation sites is 2. The first-order chi connectivity index (χ1) is 11.2. The third-order valence-electron chi connectivity index (χ3n) is 4.65. The van der Waals surface area contributed by atoms with Crippen LogP contribution in [0, 0.1) is 6.92 Å². The molecule has 24 heavy (non-hydrogen) atoms. The number of azo groups is 1. The van der Waals surface area contributed by atoms with Crippen molar-refractivity contribution >= 4 is 22.3 Å². The summed E-state index contributed by atoms with van der Waals surface area (Å²) in [6.07, 6.45) is -0.0562. The predicted molar refractivity (Wildman–Crippen MR) is 91.0 cm³/mol. The lowest BCUT2D eigenvalue weighted by molar-refractivity contribution is -0.934. The van der Waals surface area contributed by atoms with Gasteiger partial charge in [0.15, 0.2) is 11.9 Å². The topological polar surface area (TPSA) is 48.2 Å². The van der Waals surface area contributed by atoms with Crippen molar-refractivity contribution in [2.24, 2.45) is 10.2 Å². The first-order valence-corrected chi connectivity index (χ1v) is 7.80. The Bertz CT molecular complexity index is 901. The molecule has 2 atom stereocenters. The summed E-state index contributed by atoms with van der Waals surface area (Å²) < 4.78 is 0. The molecule has 0 amide bonds. The number of hydrogen-bond donors (Lipinski definition) is 2. The van der Waals surface area contributed by atoms with Crippen LogP contribution in [0.3, 0.4) is 0 Å². The molecule has 124 valence electrons. The fraction of sp³-hybridized carbons (Fsp3) is 0.222. The third kappa shape index (κ3) is 2.51. The fourth-order valence-electron chi connectivity index (χ4n) is 3.28. The van der Waals surface area contributed by atoms with Gasteiger partial charge >= 0.3 is 0 Å². The summed E-state index contributed by atoms with van der Waals surface area (Å²) in [5.41, 5.74) is 5.55. The van der Waals surface area contributed by atoms with Crippen LogP contribution in [-0.4, -0.2) is 24.1 Å². The molecule has 2 heterocycles. The molecule has 2 N–H and O–H groups in total. The second kappa shape index (κ2) is 6.36. The lowest BCUT2D eigenvalue weighted by atomic mass is 10.1. The van der Waals surface area contributed by atoms with Gasteiger partial charge in [-0.2, -0.15) is 10.2 Å². The number of aryl methyl sites for hydroxylation is 1. The van der Waals surface area contributed by atoms with Crippen molar-refractivity contribution in [3.63, 3.8) is 0 Å². The van der Waals surface area contributed by atoms with Gasteiger partial charge in [0.05, 0.1) is 12.6 Å². The van der Waals surface area contributed by atoms with E-state index in [2.05, 4.69) is 70.7 Å². The lowest BCUT2D eigenvalue weighted by Gasteiger charge is -2.17. The third-order valence-corrected chi connectivity index (χ3v) is 4.65. The SMILES string of the molecule is Cc1[nH]c2ccccc2c1N=NC1c2ccccc2[NH+](C)N1C.[Cl-]. The molecule has 0 saturated carbocycles. The average molecular weight is 342 g/mol. The second-order valence-electron chi connectivity index (χ2n) is 6.02. The van der Waals surface area contributed by atoms with E-state index < -0.39 is 0 Å². The van der Waals surface area contributed by atoms with Crippen LogP contribution in [-0.2, 0) is 0 Å². The molecule has 1 aliphatic heterocycles. The summed E-state index contributed by atoms with van der Waals surface area (Å²) in [6.45, 7) is 2.04. The summed E-state index contributed by atoms with van der Waals surface area (Å²) in [7, 11) is 4.20. The molecule has 4 rings (SSSR count). The van der Waals surface area contributed by atoms with Gasteiger partial charge in [-0.1, -0.05) is 30.3 Å². The molecule has 1 aromatic heterocycles. The molecule has 0 aliphatic carbocycles. The molecule has 0 bridgehead atoms. The highest BCUT2D eigenvalue weighted by molar-refractivity contribution is 5.92. The smallest absolute Gasteiger partial charge is 0.200 e. The maximum atomic E-state index is 4.66. The van der Waals surface area contributed by atoms with Crippen LogP contribution in [0.1, 0.15) is 17.4 Å². The molecule has 5 nitrogen and oxygen atoms in total. The van der Waals surface area contributed by atoms with Gasteiger partial charge in [0.25, 0.3) is 0 Å². The van der Waals surface area contributed by atoms with Crippen LogP contribution in [0.15, 0.2) is 58.8 Å². The minimum Gasteiger partial charge on any atom is -1.00 e. The first-order valence-electron chi connectivity index (χ1n) is 7.80. The minimum absolute atomic E-state index is 0. The van der Waals surface area contributed by atoms with Crippen LogP contribution in [0.25, 0.3) is 10.9 Å². The summed E-state index contributed by atoms with van der Waals surface area (Å²) in [5.74, 6) is 0. The number of benzene rings is 2. The monoisotopic (exact) mass is 341 g/mol. The zero-order chi connectivity index (χ0) is 16.0. The maximum Gasteiger partial charge on any atom is 0.200 e. The number of nitrogens with zero attached hydrogens (tertiary/aromatic N) is 3. The van der Waals surface area contributed by atoms with Gasteiger partial charge < -0.3 is 17.4 Å². The average Bonchev–Trinajstić information content (AvgIpc) is 3.01. The molecule has 0 spiro atoms. The van der Waals surface area contributed by atoms with E-state index in [0.717, 1.165) is 22.3 Å². The normalized spacial score (nSPS) is 20.5. The number of rotatable bonds is 2. The number of fused-ring (bicyclic) bond motifs is 2. The number of halogens is 1. The first kappa shape index (κ1) is 16.6. The Morgan fingerprint density at radius 3 is 2.62 bits per heavy atom. The Morgan fingerprint density at radius 1 is 1.08 bits per heavy atom. The standard InChI is InChI=1S/C18H19N5.ClH/c1-12-17(13-8-4-6-10-15(13)19-12)20-21-18-14-9-5-7-11-16(14)22(2)23(18)3;/h4-11,18-19H,1-3H3;1H. The Balaban J connectivity index is 0.00000169. The molecule has 0 fully saturated rings. The van der Waals surface area contributed by atoms with Crippen LogP contribution in [0.5, 0.6) is 0 Å². The van der Waals surface area contributed by atoms with E-state index >= 15 is 0 Å². The lowest BCUT2D eigenvalue weighted by Crippen LogP contribution is -3.08. The number of nitrogens with one attached hydrogen (secondary N) is 2. The van der Waals surface area contributed by atoms with Crippen molar-refractivity contribution < 1.29 is 17.4 Å². The number of quaternary nitrogens is 1. The highest BCUT2D eigenvalue weighted by atomic mass is 35.5. The van der Waals surface area contributed by atoms with Crippen molar-refractivity contribution in [3.05, 3.63) is 59.8 Å². The van der Waals surface area contributed by atoms with E-state index in [4.69, 9.17) is 0 Å². The molecule has 1 aliphatic rings. The van der Waals surface area contributed by atoms with Crippen molar-refractivity contribution in [2.75, 3.05) is 14.1 Å². The number of hydrogen-bond acceptors (Lipinski definition) is 3. The van der Waals surface area contributed by atoms with Gasteiger partial charge in [-0.15, -0.1) is 5.01 Å². The molecule has 6 heteroatoms. The molecule has 2 aromatic carbocycles. The van der Waals surface area contributed by atoms with Crippen LogP contribution >= 0.6 is 0 Å². The largest absolute Gasteiger partial charge is 1.00 e. The van der Waals surface area contributed by atoms with Gasteiger partial charge in [0, 0.05) is 29.7 Å². The molecular formula is C18H20ClN5. The number of H-pyrrole nitrogens is 1. The Morgan fingerprint density at radius 2 is 1.79 bits per heavy atom. The van der Waals surface area contributed by atoms with E-state index in [1.54, 1.807) is 0 Å². The van der Waals surface area contributed by atoms with Gasteiger partial charge in [-0.3, -0.25) is 0 Å². The molecule has 2 unspecified atom stereocenters. The van der Waals surface area contributed by atoms with Gasteiger partial charge in [-0.25, -0.2) is 5.01 Å². The second-order valence-corrected chi connectivity index (χ2v) is 6.02. The van der Waals surface area contributed by atoms with E-state index in [-0.39, 0.29) is 18.6 Å². The van der Waals surface area contributed by atoms with Crippen molar-refractivity contribution in [1.29, 1.82) is 0 Å². The van der Waals surface area contributed by atoms with Crippen molar-refractivity contribution in [2.45, 2.75) is 13.1 Å². The van der Waals surface area contributed by atoms with E-state index in [1.807, 2.05) is 19.1 Å². The molecule has 0 saturated heterocycles.